The summed E-state index contributed by atoms with van der Waals surface area (Å²) >= 11 is 0. The lowest BCUT2D eigenvalue weighted by Gasteiger charge is -2.37. The lowest BCUT2D eigenvalue weighted by molar-refractivity contribution is -0.137. The minimum atomic E-state index is -0.821. The summed E-state index contributed by atoms with van der Waals surface area (Å²) < 4.78 is 16.2. The Bertz CT molecular complexity index is 590. The van der Waals surface area contributed by atoms with E-state index in [1.807, 2.05) is 17.0 Å². The molecule has 9 heteroatoms. The van der Waals surface area contributed by atoms with Crippen molar-refractivity contribution < 1.29 is 19.0 Å². The largest absolute Gasteiger partial charge is 0.493 e. The van der Waals surface area contributed by atoms with E-state index < -0.39 is 5.54 Å². The van der Waals surface area contributed by atoms with Crippen LogP contribution in [0.15, 0.2) is 12.1 Å². The highest BCUT2D eigenvalue weighted by molar-refractivity contribution is 5.86. The van der Waals surface area contributed by atoms with Crippen LogP contribution >= 0.6 is 24.8 Å². The maximum absolute atomic E-state index is 12.3. The standard InChI is InChI=1S/C18H29N3O4.2ClH/c1-18(2,19)17(22)21-8-6-20(7-9-21)12-13-10-14(23-3)16(25-5)15(11-13)24-4;;/h10-11H,6-9,12,19H2,1-5H3;2*1H. The lowest BCUT2D eigenvalue weighted by Crippen LogP contribution is -2.56. The number of hydrogen-bond donors (Lipinski definition) is 1. The fourth-order valence-electron chi connectivity index (χ4n) is 3.00. The SMILES string of the molecule is COc1cc(CN2CCN(C(=O)C(C)(C)N)CC2)cc(OC)c1OC.Cl.Cl. The van der Waals surface area contributed by atoms with Crippen LogP contribution in [0, 0.1) is 0 Å². The van der Waals surface area contributed by atoms with Gasteiger partial charge < -0.3 is 24.8 Å². The minimum Gasteiger partial charge on any atom is -0.493 e. The average molecular weight is 424 g/mol. The van der Waals surface area contributed by atoms with E-state index in [9.17, 15) is 4.79 Å². The molecule has 2 N–H and O–H groups in total. The van der Waals surface area contributed by atoms with E-state index in [1.165, 1.54) is 0 Å². The summed E-state index contributed by atoms with van der Waals surface area (Å²) in [4.78, 5) is 16.4. The van der Waals surface area contributed by atoms with Crippen molar-refractivity contribution in [1.29, 1.82) is 0 Å². The fourth-order valence-corrected chi connectivity index (χ4v) is 3.00. The van der Waals surface area contributed by atoms with Crippen LogP contribution in [0.2, 0.25) is 0 Å². The molecule has 0 bridgehead atoms. The van der Waals surface area contributed by atoms with Crippen LogP contribution in [0.25, 0.3) is 0 Å². The molecule has 0 aromatic heterocycles. The molecule has 0 saturated carbocycles. The first kappa shape index (κ1) is 25.6. The first-order valence-electron chi connectivity index (χ1n) is 8.39. The maximum atomic E-state index is 12.3. The quantitative estimate of drug-likeness (QED) is 0.752. The monoisotopic (exact) mass is 423 g/mol. The van der Waals surface area contributed by atoms with E-state index in [2.05, 4.69) is 4.90 Å². The Kier molecular flexibility index (Phi) is 10.2. The first-order chi connectivity index (χ1) is 11.8. The van der Waals surface area contributed by atoms with Gasteiger partial charge in [-0.1, -0.05) is 0 Å². The number of piperazine rings is 1. The summed E-state index contributed by atoms with van der Waals surface area (Å²) in [5.41, 5.74) is 6.17. The Morgan fingerprint density at radius 1 is 1.00 bits per heavy atom. The second-order valence-electron chi connectivity index (χ2n) is 6.82. The van der Waals surface area contributed by atoms with Crippen molar-refractivity contribution in [3.63, 3.8) is 0 Å². The van der Waals surface area contributed by atoms with Gasteiger partial charge in [-0.05, 0) is 31.5 Å². The number of carbonyl (C=O) groups is 1. The molecule has 1 aromatic rings. The molecule has 156 valence electrons. The topological polar surface area (TPSA) is 77.3 Å². The molecular formula is C18H31Cl2N3O4. The third-order valence-corrected chi connectivity index (χ3v) is 4.34. The molecule has 2 rings (SSSR count). The van der Waals surface area contributed by atoms with Crippen LogP contribution < -0.4 is 19.9 Å². The zero-order chi connectivity index (χ0) is 18.6. The summed E-state index contributed by atoms with van der Waals surface area (Å²) in [7, 11) is 4.81. The number of hydrogen-bond acceptors (Lipinski definition) is 6. The van der Waals surface area contributed by atoms with Crippen molar-refractivity contribution in [2.45, 2.75) is 25.9 Å². The van der Waals surface area contributed by atoms with Gasteiger partial charge in [0.2, 0.25) is 11.7 Å². The number of carbonyl (C=O) groups excluding carboxylic acids is 1. The van der Waals surface area contributed by atoms with Crippen LogP contribution in [0.1, 0.15) is 19.4 Å². The molecule has 0 radical (unpaired) electrons. The zero-order valence-corrected chi connectivity index (χ0v) is 18.2. The third kappa shape index (κ3) is 6.31. The Labute approximate surface area is 173 Å². The molecule has 0 atom stereocenters. The van der Waals surface area contributed by atoms with E-state index in [1.54, 1.807) is 35.2 Å². The second-order valence-corrected chi connectivity index (χ2v) is 6.82. The van der Waals surface area contributed by atoms with Crippen molar-refractivity contribution in [3.8, 4) is 17.2 Å². The summed E-state index contributed by atoms with van der Waals surface area (Å²) in [5.74, 6) is 1.89. The molecule has 1 heterocycles. The van der Waals surface area contributed by atoms with E-state index >= 15 is 0 Å². The smallest absolute Gasteiger partial charge is 0.242 e. The van der Waals surface area contributed by atoms with E-state index in [-0.39, 0.29) is 30.7 Å². The van der Waals surface area contributed by atoms with Crippen LogP contribution in [0.3, 0.4) is 0 Å². The zero-order valence-electron chi connectivity index (χ0n) is 16.6. The van der Waals surface area contributed by atoms with Crippen molar-refractivity contribution in [3.05, 3.63) is 17.7 Å². The average Bonchev–Trinajstić information content (AvgIpc) is 2.60. The fraction of sp³-hybridized carbons (Fsp3) is 0.611. The van der Waals surface area contributed by atoms with E-state index in [0.717, 1.165) is 25.2 Å². The van der Waals surface area contributed by atoms with Crippen molar-refractivity contribution >= 4 is 30.7 Å². The van der Waals surface area contributed by atoms with Gasteiger partial charge in [0.15, 0.2) is 11.5 Å². The molecule has 27 heavy (non-hydrogen) atoms. The summed E-state index contributed by atoms with van der Waals surface area (Å²) in [6.07, 6.45) is 0. The number of halogens is 2. The second kappa shape index (κ2) is 10.8. The van der Waals surface area contributed by atoms with Gasteiger partial charge in [0.25, 0.3) is 0 Å². The molecule has 1 amide bonds. The van der Waals surface area contributed by atoms with Gasteiger partial charge in [0.05, 0.1) is 26.9 Å². The van der Waals surface area contributed by atoms with Gasteiger partial charge in [-0.25, -0.2) is 0 Å². The van der Waals surface area contributed by atoms with Gasteiger partial charge in [-0.15, -0.1) is 24.8 Å². The van der Waals surface area contributed by atoms with Crippen molar-refractivity contribution in [1.82, 2.24) is 9.80 Å². The summed E-state index contributed by atoms with van der Waals surface area (Å²) in [6, 6.07) is 3.92. The van der Waals surface area contributed by atoms with Gasteiger partial charge in [0.1, 0.15) is 0 Å². The summed E-state index contributed by atoms with van der Waals surface area (Å²) in [6.45, 7) is 7.23. The highest BCUT2D eigenvalue weighted by Gasteiger charge is 2.30. The van der Waals surface area contributed by atoms with Crippen LogP contribution in [0.5, 0.6) is 17.2 Å². The number of amides is 1. The normalized spacial score (nSPS) is 14.7. The molecule has 0 aliphatic carbocycles. The number of nitrogens with two attached hydrogens (primary N) is 1. The molecule has 7 nitrogen and oxygen atoms in total. The molecule has 0 spiro atoms. The minimum absolute atomic E-state index is 0. The van der Waals surface area contributed by atoms with Crippen LogP contribution in [-0.4, -0.2) is 68.8 Å². The molecule has 1 aliphatic heterocycles. The molecule has 1 fully saturated rings. The molecule has 0 unspecified atom stereocenters. The highest BCUT2D eigenvalue weighted by atomic mass is 35.5. The number of benzene rings is 1. The van der Waals surface area contributed by atoms with Gasteiger partial charge in [-0.3, -0.25) is 9.69 Å². The van der Waals surface area contributed by atoms with Gasteiger partial charge >= 0.3 is 0 Å². The Balaban J connectivity index is 0.00000338. The first-order valence-corrected chi connectivity index (χ1v) is 8.39. The van der Waals surface area contributed by atoms with Crippen LogP contribution in [-0.2, 0) is 11.3 Å². The summed E-state index contributed by atoms with van der Waals surface area (Å²) in [5, 5.41) is 0. The molecule has 1 aliphatic rings. The third-order valence-electron chi connectivity index (χ3n) is 4.34. The Morgan fingerprint density at radius 3 is 1.85 bits per heavy atom. The Morgan fingerprint density at radius 2 is 1.48 bits per heavy atom. The van der Waals surface area contributed by atoms with Crippen LogP contribution in [0.4, 0.5) is 0 Å². The van der Waals surface area contributed by atoms with E-state index in [4.69, 9.17) is 19.9 Å². The predicted molar refractivity (Wildman–Crippen MR) is 111 cm³/mol. The number of methoxy groups -OCH3 is 3. The highest BCUT2D eigenvalue weighted by Crippen LogP contribution is 2.38. The number of rotatable bonds is 6. The molecule has 1 saturated heterocycles. The van der Waals surface area contributed by atoms with Gasteiger partial charge in [0, 0.05) is 32.7 Å². The van der Waals surface area contributed by atoms with Crippen molar-refractivity contribution in [2.24, 2.45) is 5.73 Å². The number of nitrogens with zero attached hydrogens (tertiary/aromatic N) is 2. The van der Waals surface area contributed by atoms with Gasteiger partial charge in [-0.2, -0.15) is 0 Å². The number of ether oxygens (including phenoxy) is 3. The lowest BCUT2D eigenvalue weighted by atomic mass is 10.0. The van der Waals surface area contributed by atoms with E-state index in [0.29, 0.717) is 30.3 Å². The van der Waals surface area contributed by atoms with Crippen molar-refractivity contribution in [2.75, 3.05) is 47.5 Å². The molecular weight excluding hydrogens is 393 g/mol. The Hall–Kier alpha value is -1.41. The molecule has 1 aromatic carbocycles. The maximum Gasteiger partial charge on any atom is 0.242 e. The predicted octanol–water partition coefficient (Wildman–Crippen LogP) is 1.94.